The second-order valence-electron chi connectivity index (χ2n) is 7.09. The van der Waals surface area contributed by atoms with Gasteiger partial charge in [-0.15, -0.1) is 0 Å². The van der Waals surface area contributed by atoms with Crippen LogP contribution in [0.5, 0.6) is 0 Å². The zero-order valence-electron chi connectivity index (χ0n) is 15.4. The highest BCUT2D eigenvalue weighted by atomic mass is 16.1. The van der Waals surface area contributed by atoms with Gasteiger partial charge in [-0.2, -0.15) is 5.10 Å². The highest BCUT2D eigenvalue weighted by Gasteiger charge is 2.30. The van der Waals surface area contributed by atoms with E-state index in [4.69, 9.17) is 10.1 Å². The number of fused-ring (bicyclic) bond motifs is 4. The van der Waals surface area contributed by atoms with E-state index in [-0.39, 0.29) is 5.78 Å². The fourth-order valence-corrected chi connectivity index (χ4v) is 4.01. The average molecular weight is 373 g/mol. The van der Waals surface area contributed by atoms with Crippen molar-refractivity contribution in [3.63, 3.8) is 0 Å². The van der Waals surface area contributed by atoms with Gasteiger partial charge in [-0.05, 0) is 18.2 Å². The third-order valence-electron chi connectivity index (χ3n) is 5.38. The number of carbonyl (C=O) groups excluding carboxylic acids is 1. The summed E-state index contributed by atoms with van der Waals surface area (Å²) in [5.41, 5.74) is 6.47. The Kier molecular flexibility index (Phi) is 3.29. The Morgan fingerprint density at radius 3 is 2.07 bits per heavy atom. The number of hydrogen-bond acceptors (Lipinski definition) is 3. The molecular weight excluding hydrogens is 358 g/mol. The molecule has 29 heavy (non-hydrogen) atoms. The van der Waals surface area contributed by atoms with Crippen LogP contribution >= 0.6 is 0 Å². The Labute approximate surface area is 167 Å². The number of carbonyl (C=O) groups is 1. The molecular formula is C25H15N3O. The van der Waals surface area contributed by atoms with Crippen molar-refractivity contribution < 1.29 is 4.79 Å². The Morgan fingerprint density at radius 1 is 0.655 bits per heavy atom. The van der Waals surface area contributed by atoms with Gasteiger partial charge in [0.1, 0.15) is 5.69 Å². The molecule has 4 nitrogen and oxygen atoms in total. The van der Waals surface area contributed by atoms with E-state index in [1.54, 1.807) is 0 Å². The van der Waals surface area contributed by atoms with E-state index in [9.17, 15) is 4.79 Å². The van der Waals surface area contributed by atoms with E-state index >= 15 is 0 Å². The number of rotatable bonds is 2. The summed E-state index contributed by atoms with van der Waals surface area (Å²) in [5.74, 6) is 0.0245. The molecule has 2 aromatic heterocycles. The third kappa shape index (κ3) is 2.29. The summed E-state index contributed by atoms with van der Waals surface area (Å²) in [6.07, 6.45) is 0. The van der Waals surface area contributed by atoms with Gasteiger partial charge in [0, 0.05) is 27.6 Å². The molecule has 1 aliphatic carbocycles. The fraction of sp³-hybridized carbons (Fsp3) is 0. The molecule has 0 atom stereocenters. The first-order valence-corrected chi connectivity index (χ1v) is 9.50. The number of aromatic nitrogens is 3. The molecule has 0 bridgehead atoms. The van der Waals surface area contributed by atoms with Crippen molar-refractivity contribution in [1.29, 1.82) is 0 Å². The van der Waals surface area contributed by atoms with Crippen LogP contribution in [0.2, 0.25) is 0 Å². The maximum atomic E-state index is 13.0. The van der Waals surface area contributed by atoms with E-state index in [1.807, 2.05) is 95.7 Å². The molecule has 0 amide bonds. The standard InChI is InChI=1S/C25H15N3O/c29-24-19-14-8-7-13-18(19)23-20(24)15-21-22(16-9-3-1-4-10-16)27-28(25(21)26-23)17-11-5-2-6-12-17/h1-15H. The van der Waals surface area contributed by atoms with Crippen LogP contribution in [-0.4, -0.2) is 20.5 Å². The molecule has 0 aliphatic heterocycles. The monoisotopic (exact) mass is 373 g/mol. The number of nitrogens with zero attached hydrogens (tertiary/aromatic N) is 3. The van der Waals surface area contributed by atoms with Gasteiger partial charge in [-0.1, -0.05) is 72.8 Å². The molecule has 0 unspecified atom stereocenters. The number of para-hydroxylation sites is 1. The zero-order valence-corrected chi connectivity index (χ0v) is 15.4. The fourth-order valence-electron chi connectivity index (χ4n) is 4.01. The van der Waals surface area contributed by atoms with E-state index in [0.29, 0.717) is 11.1 Å². The predicted octanol–water partition coefficient (Wildman–Crippen LogP) is 5.30. The van der Waals surface area contributed by atoms with Crippen LogP contribution in [-0.2, 0) is 0 Å². The van der Waals surface area contributed by atoms with Gasteiger partial charge in [-0.25, -0.2) is 9.67 Å². The average Bonchev–Trinajstić information content (AvgIpc) is 3.30. The molecule has 5 aromatic rings. The van der Waals surface area contributed by atoms with Crippen LogP contribution in [0.25, 0.3) is 39.2 Å². The zero-order chi connectivity index (χ0) is 19.4. The third-order valence-corrected chi connectivity index (χ3v) is 5.38. The Bertz CT molecular complexity index is 1400. The lowest BCUT2D eigenvalue weighted by molar-refractivity contribution is 0.104. The number of hydrogen-bond donors (Lipinski definition) is 0. The lowest BCUT2D eigenvalue weighted by Crippen LogP contribution is -1.99. The minimum atomic E-state index is 0.0245. The molecule has 1 aliphatic rings. The van der Waals surface area contributed by atoms with Crippen molar-refractivity contribution in [3.05, 3.63) is 102 Å². The number of benzene rings is 3. The van der Waals surface area contributed by atoms with E-state index in [2.05, 4.69) is 0 Å². The molecule has 0 saturated heterocycles. The summed E-state index contributed by atoms with van der Waals surface area (Å²) in [6, 6.07) is 29.6. The maximum absolute atomic E-state index is 13.0. The molecule has 136 valence electrons. The lowest BCUT2D eigenvalue weighted by atomic mass is 10.1. The first kappa shape index (κ1) is 16.0. The van der Waals surface area contributed by atoms with Crippen molar-refractivity contribution >= 4 is 16.8 Å². The maximum Gasteiger partial charge on any atom is 0.195 e. The SMILES string of the molecule is O=C1c2ccccc2-c2nc3c(cc21)c(-c1ccccc1)nn3-c1ccccc1. The van der Waals surface area contributed by atoms with Gasteiger partial charge in [0.05, 0.1) is 11.4 Å². The van der Waals surface area contributed by atoms with Gasteiger partial charge in [-0.3, -0.25) is 4.79 Å². The van der Waals surface area contributed by atoms with Gasteiger partial charge in [0.15, 0.2) is 11.4 Å². The van der Waals surface area contributed by atoms with Crippen LogP contribution in [0, 0.1) is 0 Å². The van der Waals surface area contributed by atoms with Gasteiger partial charge < -0.3 is 0 Å². The van der Waals surface area contributed by atoms with Crippen LogP contribution in [0.3, 0.4) is 0 Å². The molecule has 2 heterocycles. The molecule has 6 rings (SSSR count). The summed E-state index contributed by atoms with van der Waals surface area (Å²) in [5, 5.41) is 5.77. The summed E-state index contributed by atoms with van der Waals surface area (Å²) in [6.45, 7) is 0. The summed E-state index contributed by atoms with van der Waals surface area (Å²) in [4.78, 5) is 17.9. The molecule has 4 heteroatoms. The Morgan fingerprint density at radius 2 is 1.31 bits per heavy atom. The van der Waals surface area contributed by atoms with Crippen molar-refractivity contribution in [1.82, 2.24) is 14.8 Å². The van der Waals surface area contributed by atoms with Gasteiger partial charge >= 0.3 is 0 Å². The lowest BCUT2D eigenvalue weighted by Gasteiger charge is -2.04. The molecule has 0 radical (unpaired) electrons. The van der Waals surface area contributed by atoms with E-state index in [0.717, 1.165) is 39.2 Å². The van der Waals surface area contributed by atoms with Crippen LogP contribution in [0.15, 0.2) is 91.0 Å². The minimum absolute atomic E-state index is 0.0245. The van der Waals surface area contributed by atoms with Gasteiger partial charge in [0.25, 0.3) is 0 Å². The molecule has 0 saturated carbocycles. The van der Waals surface area contributed by atoms with Crippen molar-refractivity contribution in [3.8, 4) is 28.2 Å². The number of pyridine rings is 1. The normalized spacial score (nSPS) is 12.2. The Hall–Kier alpha value is -4.05. The van der Waals surface area contributed by atoms with Crippen LogP contribution in [0.4, 0.5) is 0 Å². The van der Waals surface area contributed by atoms with Gasteiger partial charge in [0.2, 0.25) is 0 Å². The largest absolute Gasteiger partial charge is 0.289 e. The van der Waals surface area contributed by atoms with Crippen molar-refractivity contribution in [2.45, 2.75) is 0 Å². The number of ketones is 1. The van der Waals surface area contributed by atoms with E-state index < -0.39 is 0 Å². The summed E-state index contributed by atoms with van der Waals surface area (Å²) >= 11 is 0. The topological polar surface area (TPSA) is 47.8 Å². The predicted molar refractivity (Wildman–Crippen MR) is 113 cm³/mol. The minimum Gasteiger partial charge on any atom is -0.289 e. The molecule has 0 N–H and O–H groups in total. The second-order valence-corrected chi connectivity index (χ2v) is 7.09. The summed E-state index contributed by atoms with van der Waals surface area (Å²) < 4.78 is 1.86. The van der Waals surface area contributed by atoms with Crippen molar-refractivity contribution in [2.24, 2.45) is 0 Å². The smallest absolute Gasteiger partial charge is 0.195 e. The van der Waals surface area contributed by atoms with Crippen LogP contribution in [0.1, 0.15) is 15.9 Å². The first-order valence-electron chi connectivity index (χ1n) is 9.50. The second kappa shape index (κ2) is 5.97. The first-order chi connectivity index (χ1) is 14.3. The van der Waals surface area contributed by atoms with Crippen molar-refractivity contribution in [2.75, 3.05) is 0 Å². The van der Waals surface area contributed by atoms with E-state index in [1.165, 1.54) is 0 Å². The highest BCUT2D eigenvalue weighted by Crippen LogP contribution is 2.39. The molecule has 0 fully saturated rings. The highest BCUT2D eigenvalue weighted by molar-refractivity contribution is 6.22. The molecule has 0 spiro atoms. The Balaban J connectivity index is 1.71. The molecule has 3 aromatic carbocycles. The quantitative estimate of drug-likeness (QED) is 0.414. The van der Waals surface area contributed by atoms with Crippen LogP contribution < -0.4 is 0 Å². The summed E-state index contributed by atoms with van der Waals surface area (Å²) in [7, 11) is 0.